The van der Waals surface area contributed by atoms with E-state index in [-0.39, 0.29) is 5.91 Å². The number of nitrogens with one attached hydrogen (secondary N) is 1. The van der Waals surface area contributed by atoms with Crippen LogP contribution in [0.3, 0.4) is 0 Å². The maximum atomic E-state index is 11.8. The van der Waals surface area contributed by atoms with Crippen LogP contribution in [-0.2, 0) is 11.3 Å². The predicted octanol–water partition coefficient (Wildman–Crippen LogP) is 1.90. The van der Waals surface area contributed by atoms with Crippen molar-refractivity contribution in [3.8, 4) is 0 Å². The van der Waals surface area contributed by atoms with E-state index < -0.39 is 5.41 Å². The summed E-state index contributed by atoms with van der Waals surface area (Å²) in [6, 6.07) is 1.77. The molecule has 1 N–H and O–H groups in total. The summed E-state index contributed by atoms with van der Waals surface area (Å²) >= 11 is 0. The summed E-state index contributed by atoms with van der Waals surface area (Å²) in [5.74, 6) is -0.0384. The molecule has 6 heteroatoms. The van der Waals surface area contributed by atoms with Crippen molar-refractivity contribution in [3.63, 3.8) is 0 Å². The quantitative estimate of drug-likeness (QED) is 0.900. The molecule has 0 aromatic carbocycles. The van der Waals surface area contributed by atoms with Gasteiger partial charge in [0.25, 0.3) is 0 Å². The Balaban J connectivity index is 2.00. The molecule has 6 nitrogen and oxygen atoms in total. The van der Waals surface area contributed by atoms with Gasteiger partial charge in [-0.05, 0) is 0 Å². The summed E-state index contributed by atoms with van der Waals surface area (Å²) in [7, 11) is 0. The van der Waals surface area contributed by atoms with E-state index in [9.17, 15) is 4.79 Å². The Morgan fingerprint density at radius 3 is 2.89 bits per heavy atom. The number of aromatic nitrogens is 3. The standard InChI is InChI=1S/C12H16N4O2/c1-12(2,3)11(17)14-10-6-13-16(8-10)7-9-4-5-18-15-9/h4-6,8H,7H2,1-3H3,(H,14,17). The van der Waals surface area contributed by atoms with Crippen LogP contribution < -0.4 is 5.32 Å². The van der Waals surface area contributed by atoms with Crippen molar-refractivity contribution >= 4 is 11.6 Å². The molecule has 0 bridgehead atoms. The van der Waals surface area contributed by atoms with Gasteiger partial charge in [0, 0.05) is 17.7 Å². The van der Waals surface area contributed by atoms with Gasteiger partial charge < -0.3 is 9.84 Å². The van der Waals surface area contributed by atoms with Crippen LogP contribution in [0.1, 0.15) is 26.5 Å². The molecule has 0 aliphatic heterocycles. The lowest BCUT2D eigenvalue weighted by Crippen LogP contribution is -2.27. The largest absolute Gasteiger partial charge is 0.364 e. The zero-order chi connectivity index (χ0) is 13.2. The third-order valence-electron chi connectivity index (χ3n) is 2.39. The van der Waals surface area contributed by atoms with Crippen LogP contribution in [0.15, 0.2) is 29.2 Å². The highest BCUT2D eigenvalue weighted by molar-refractivity contribution is 5.94. The summed E-state index contributed by atoms with van der Waals surface area (Å²) in [5, 5.41) is 10.8. The topological polar surface area (TPSA) is 73.0 Å². The molecule has 2 aromatic rings. The van der Waals surface area contributed by atoms with E-state index in [0.717, 1.165) is 5.69 Å². The molecular weight excluding hydrogens is 232 g/mol. The first-order valence-corrected chi connectivity index (χ1v) is 5.68. The fourth-order valence-corrected chi connectivity index (χ4v) is 1.32. The van der Waals surface area contributed by atoms with Crippen molar-refractivity contribution in [2.45, 2.75) is 27.3 Å². The summed E-state index contributed by atoms with van der Waals surface area (Å²) in [6.07, 6.45) is 4.89. The average molecular weight is 248 g/mol. The monoisotopic (exact) mass is 248 g/mol. The number of carbonyl (C=O) groups excluding carboxylic acids is 1. The van der Waals surface area contributed by atoms with Crippen molar-refractivity contribution in [1.29, 1.82) is 0 Å². The average Bonchev–Trinajstić information content (AvgIpc) is 2.89. The van der Waals surface area contributed by atoms with E-state index in [4.69, 9.17) is 4.52 Å². The number of amides is 1. The Morgan fingerprint density at radius 1 is 1.50 bits per heavy atom. The molecule has 2 aromatic heterocycles. The second-order valence-corrected chi connectivity index (χ2v) is 5.12. The fourth-order valence-electron chi connectivity index (χ4n) is 1.32. The van der Waals surface area contributed by atoms with Gasteiger partial charge in [-0.1, -0.05) is 25.9 Å². The maximum absolute atomic E-state index is 11.8. The Bertz CT molecular complexity index is 523. The van der Waals surface area contributed by atoms with Gasteiger partial charge in [-0.2, -0.15) is 5.10 Å². The van der Waals surface area contributed by atoms with E-state index in [1.165, 1.54) is 6.26 Å². The van der Waals surface area contributed by atoms with Gasteiger partial charge in [0.2, 0.25) is 5.91 Å². The number of rotatable bonds is 3. The van der Waals surface area contributed by atoms with Gasteiger partial charge >= 0.3 is 0 Å². The molecule has 18 heavy (non-hydrogen) atoms. The molecule has 0 aliphatic rings. The first kappa shape index (κ1) is 12.3. The zero-order valence-corrected chi connectivity index (χ0v) is 10.7. The number of hydrogen-bond donors (Lipinski definition) is 1. The molecule has 1 amide bonds. The highest BCUT2D eigenvalue weighted by Crippen LogP contribution is 2.16. The molecule has 0 aliphatic carbocycles. The summed E-state index contributed by atoms with van der Waals surface area (Å²) < 4.78 is 6.43. The molecule has 2 rings (SSSR count). The first-order valence-electron chi connectivity index (χ1n) is 5.68. The summed E-state index contributed by atoms with van der Waals surface area (Å²) in [5.41, 5.74) is 1.04. The highest BCUT2D eigenvalue weighted by atomic mass is 16.5. The lowest BCUT2D eigenvalue weighted by atomic mass is 9.96. The van der Waals surface area contributed by atoms with Crippen LogP contribution in [0.25, 0.3) is 0 Å². The molecule has 2 heterocycles. The third-order valence-corrected chi connectivity index (χ3v) is 2.39. The molecule has 96 valence electrons. The van der Waals surface area contributed by atoms with Gasteiger partial charge in [0.1, 0.15) is 12.0 Å². The van der Waals surface area contributed by atoms with E-state index in [0.29, 0.717) is 12.2 Å². The molecule has 0 radical (unpaired) electrons. The third kappa shape index (κ3) is 2.97. The molecule has 0 unspecified atom stereocenters. The lowest BCUT2D eigenvalue weighted by molar-refractivity contribution is -0.123. The molecule has 0 spiro atoms. The lowest BCUT2D eigenvalue weighted by Gasteiger charge is -2.16. The van der Waals surface area contributed by atoms with Crippen molar-refractivity contribution < 1.29 is 9.32 Å². The van der Waals surface area contributed by atoms with E-state index in [2.05, 4.69) is 15.6 Å². The molecule has 0 atom stereocenters. The van der Waals surface area contributed by atoms with Crippen LogP contribution in [0.4, 0.5) is 5.69 Å². The first-order chi connectivity index (χ1) is 8.45. The second kappa shape index (κ2) is 4.64. The fraction of sp³-hybridized carbons (Fsp3) is 0.417. The van der Waals surface area contributed by atoms with Crippen molar-refractivity contribution in [2.75, 3.05) is 5.32 Å². The van der Waals surface area contributed by atoms with Crippen LogP contribution in [-0.4, -0.2) is 20.8 Å². The van der Waals surface area contributed by atoms with Crippen LogP contribution in [0, 0.1) is 5.41 Å². The van der Waals surface area contributed by atoms with Crippen molar-refractivity contribution in [2.24, 2.45) is 5.41 Å². The van der Waals surface area contributed by atoms with Gasteiger partial charge in [0.05, 0.1) is 18.4 Å². The molecule has 0 fully saturated rings. The van der Waals surface area contributed by atoms with Gasteiger partial charge in [0.15, 0.2) is 0 Å². The number of anilines is 1. The second-order valence-electron chi connectivity index (χ2n) is 5.12. The highest BCUT2D eigenvalue weighted by Gasteiger charge is 2.21. The predicted molar refractivity (Wildman–Crippen MR) is 65.9 cm³/mol. The Hall–Kier alpha value is -2.11. The molecular formula is C12H16N4O2. The van der Waals surface area contributed by atoms with E-state index >= 15 is 0 Å². The van der Waals surface area contributed by atoms with Gasteiger partial charge in [-0.15, -0.1) is 0 Å². The van der Waals surface area contributed by atoms with Crippen LogP contribution >= 0.6 is 0 Å². The number of hydrogen-bond acceptors (Lipinski definition) is 4. The Morgan fingerprint density at radius 2 is 2.28 bits per heavy atom. The minimum atomic E-state index is -0.422. The Labute approximate surface area is 105 Å². The minimum absolute atomic E-state index is 0.0384. The minimum Gasteiger partial charge on any atom is -0.364 e. The maximum Gasteiger partial charge on any atom is 0.229 e. The van der Waals surface area contributed by atoms with Crippen molar-refractivity contribution in [3.05, 3.63) is 30.4 Å². The van der Waals surface area contributed by atoms with Crippen LogP contribution in [0.5, 0.6) is 0 Å². The zero-order valence-electron chi connectivity index (χ0n) is 10.7. The summed E-state index contributed by atoms with van der Waals surface area (Å²) in [6.45, 7) is 6.11. The number of nitrogens with zero attached hydrogens (tertiary/aromatic N) is 3. The van der Waals surface area contributed by atoms with E-state index in [1.54, 1.807) is 23.1 Å². The normalized spacial score (nSPS) is 11.5. The van der Waals surface area contributed by atoms with Gasteiger partial charge in [-0.3, -0.25) is 9.48 Å². The Kier molecular flexibility index (Phi) is 3.18. The molecule has 0 saturated heterocycles. The van der Waals surface area contributed by atoms with E-state index in [1.807, 2.05) is 20.8 Å². The SMILES string of the molecule is CC(C)(C)C(=O)Nc1cnn(Cc2ccon2)c1. The van der Waals surface area contributed by atoms with Gasteiger partial charge in [-0.25, -0.2) is 0 Å². The smallest absolute Gasteiger partial charge is 0.229 e. The van der Waals surface area contributed by atoms with Crippen LogP contribution in [0.2, 0.25) is 0 Å². The number of carbonyl (C=O) groups is 1. The van der Waals surface area contributed by atoms with Crippen molar-refractivity contribution in [1.82, 2.24) is 14.9 Å². The molecule has 0 saturated carbocycles. The summed E-state index contributed by atoms with van der Waals surface area (Å²) in [4.78, 5) is 11.8.